The number of nitrogens with one attached hydrogen (secondary N) is 1. The number of hydrogen-bond donors (Lipinski definition) is 1. The van der Waals surface area contributed by atoms with Gasteiger partial charge in [0.05, 0.1) is 19.8 Å². The van der Waals surface area contributed by atoms with Crippen LogP contribution in [0.4, 0.5) is 0 Å². The van der Waals surface area contributed by atoms with E-state index < -0.39 is 0 Å². The lowest BCUT2D eigenvalue weighted by Gasteiger charge is -2.25. The molecule has 1 aliphatic heterocycles. The van der Waals surface area contributed by atoms with Gasteiger partial charge in [0.15, 0.2) is 0 Å². The first-order valence-corrected chi connectivity index (χ1v) is 6.37. The first kappa shape index (κ1) is 13.1. The van der Waals surface area contributed by atoms with Crippen molar-refractivity contribution in [2.45, 2.75) is 13.5 Å². The molecule has 1 heterocycles. The fraction of sp³-hybridized carbons (Fsp3) is 0.500. The standard InChI is InChI=1S/C14H20N2O2/c1-12-4-2-3-5-13(12)10-15-14(17)11-16-6-8-18-9-7-16/h2-5H,6-11H2,1H3,(H,15,17). The molecule has 1 fully saturated rings. The zero-order chi connectivity index (χ0) is 12.8. The Balaban J connectivity index is 1.76. The Morgan fingerprint density at radius 2 is 2.06 bits per heavy atom. The first-order valence-electron chi connectivity index (χ1n) is 6.37. The molecule has 4 nitrogen and oxygen atoms in total. The van der Waals surface area contributed by atoms with Gasteiger partial charge in [0.2, 0.25) is 5.91 Å². The second-order valence-corrected chi connectivity index (χ2v) is 4.59. The highest BCUT2D eigenvalue weighted by Crippen LogP contribution is 2.06. The van der Waals surface area contributed by atoms with Crippen LogP contribution in [0.5, 0.6) is 0 Å². The van der Waals surface area contributed by atoms with Crippen LogP contribution < -0.4 is 5.32 Å². The quantitative estimate of drug-likeness (QED) is 0.862. The number of rotatable bonds is 4. The van der Waals surface area contributed by atoms with E-state index in [1.54, 1.807) is 0 Å². The topological polar surface area (TPSA) is 41.6 Å². The Morgan fingerprint density at radius 3 is 2.78 bits per heavy atom. The van der Waals surface area contributed by atoms with Gasteiger partial charge in [-0.25, -0.2) is 0 Å². The van der Waals surface area contributed by atoms with Crippen LogP contribution in [-0.4, -0.2) is 43.7 Å². The highest BCUT2D eigenvalue weighted by molar-refractivity contribution is 5.78. The average Bonchev–Trinajstić information content (AvgIpc) is 2.39. The lowest BCUT2D eigenvalue weighted by Crippen LogP contribution is -2.43. The van der Waals surface area contributed by atoms with Crippen LogP contribution in [-0.2, 0) is 16.1 Å². The van der Waals surface area contributed by atoms with Crippen molar-refractivity contribution < 1.29 is 9.53 Å². The number of morpholine rings is 1. The van der Waals surface area contributed by atoms with E-state index >= 15 is 0 Å². The molecule has 0 radical (unpaired) electrons. The second-order valence-electron chi connectivity index (χ2n) is 4.59. The summed E-state index contributed by atoms with van der Waals surface area (Å²) in [6.07, 6.45) is 0. The number of amides is 1. The van der Waals surface area contributed by atoms with Gasteiger partial charge in [0, 0.05) is 19.6 Å². The van der Waals surface area contributed by atoms with Crippen molar-refractivity contribution in [2.75, 3.05) is 32.8 Å². The molecule has 1 aliphatic rings. The summed E-state index contributed by atoms with van der Waals surface area (Å²) in [7, 11) is 0. The van der Waals surface area contributed by atoms with Crippen LogP contribution in [0.2, 0.25) is 0 Å². The van der Waals surface area contributed by atoms with Gasteiger partial charge in [-0.05, 0) is 18.1 Å². The smallest absolute Gasteiger partial charge is 0.234 e. The third-order valence-corrected chi connectivity index (χ3v) is 3.21. The maximum atomic E-state index is 11.8. The van der Waals surface area contributed by atoms with Gasteiger partial charge < -0.3 is 10.1 Å². The van der Waals surface area contributed by atoms with Crippen molar-refractivity contribution in [3.63, 3.8) is 0 Å². The van der Waals surface area contributed by atoms with Crippen molar-refractivity contribution in [3.8, 4) is 0 Å². The Bertz CT molecular complexity index is 401. The van der Waals surface area contributed by atoms with Gasteiger partial charge in [-0.1, -0.05) is 24.3 Å². The summed E-state index contributed by atoms with van der Waals surface area (Å²) < 4.78 is 5.25. The van der Waals surface area contributed by atoms with Gasteiger partial charge in [-0.2, -0.15) is 0 Å². The second kappa shape index (κ2) is 6.52. The van der Waals surface area contributed by atoms with E-state index in [1.807, 2.05) is 18.2 Å². The van der Waals surface area contributed by atoms with E-state index in [2.05, 4.69) is 23.2 Å². The Hall–Kier alpha value is -1.39. The number of ether oxygens (including phenoxy) is 1. The summed E-state index contributed by atoms with van der Waals surface area (Å²) in [5, 5.41) is 2.97. The van der Waals surface area contributed by atoms with Crippen LogP contribution >= 0.6 is 0 Å². The molecule has 18 heavy (non-hydrogen) atoms. The molecule has 0 unspecified atom stereocenters. The number of carbonyl (C=O) groups excluding carboxylic acids is 1. The fourth-order valence-corrected chi connectivity index (χ4v) is 2.02. The molecule has 98 valence electrons. The highest BCUT2D eigenvalue weighted by Gasteiger charge is 2.13. The number of carbonyl (C=O) groups is 1. The zero-order valence-electron chi connectivity index (χ0n) is 10.8. The average molecular weight is 248 g/mol. The monoisotopic (exact) mass is 248 g/mol. The lowest BCUT2D eigenvalue weighted by molar-refractivity contribution is -0.123. The number of aryl methyl sites for hydroxylation is 1. The van der Waals surface area contributed by atoms with Crippen molar-refractivity contribution in [3.05, 3.63) is 35.4 Å². The molecule has 0 aromatic heterocycles. The summed E-state index contributed by atoms with van der Waals surface area (Å²) in [6.45, 7) is 6.28. The minimum atomic E-state index is 0.0835. The molecule has 0 atom stereocenters. The van der Waals surface area contributed by atoms with Crippen LogP contribution in [0.3, 0.4) is 0 Å². The fourth-order valence-electron chi connectivity index (χ4n) is 2.02. The van der Waals surface area contributed by atoms with Crippen LogP contribution in [0, 0.1) is 6.92 Å². The minimum Gasteiger partial charge on any atom is -0.379 e. The molecule has 0 spiro atoms. The Labute approximate surface area is 108 Å². The van der Waals surface area contributed by atoms with Crippen molar-refractivity contribution >= 4 is 5.91 Å². The third kappa shape index (κ3) is 3.82. The molecule has 1 N–H and O–H groups in total. The van der Waals surface area contributed by atoms with E-state index in [0.717, 1.165) is 26.3 Å². The highest BCUT2D eigenvalue weighted by atomic mass is 16.5. The Kier molecular flexibility index (Phi) is 4.73. The van der Waals surface area contributed by atoms with Gasteiger partial charge in [-0.15, -0.1) is 0 Å². The van der Waals surface area contributed by atoms with Crippen molar-refractivity contribution in [2.24, 2.45) is 0 Å². The minimum absolute atomic E-state index is 0.0835. The first-order chi connectivity index (χ1) is 8.75. The third-order valence-electron chi connectivity index (χ3n) is 3.21. The SMILES string of the molecule is Cc1ccccc1CNC(=O)CN1CCOCC1. The van der Waals surface area contributed by atoms with E-state index in [4.69, 9.17) is 4.74 Å². The molecule has 1 saturated heterocycles. The largest absolute Gasteiger partial charge is 0.379 e. The van der Waals surface area contributed by atoms with Crippen molar-refractivity contribution in [1.82, 2.24) is 10.2 Å². The molecule has 1 amide bonds. The Morgan fingerprint density at radius 1 is 1.33 bits per heavy atom. The number of benzene rings is 1. The van der Waals surface area contributed by atoms with Crippen LogP contribution in [0.1, 0.15) is 11.1 Å². The normalized spacial score (nSPS) is 16.5. The van der Waals surface area contributed by atoms with Gasteiger partial charge >= 0.3 is 0 Å². The van der Waals surface area contributed by atoms with E-state index in [1.165, 1.54) is 11.1 Å². The summed E-state index contributed by atoms with van der Waals surface area (Å²) >= 11 is 0. The predicted molar refractivity (Wildman–Crippen MR) is 70.3 cm³/mol. The molecular weight excluding hydrogens is 228 g/mol. The maximum Gasteiger partial charge on any atom is 0.234 e. The molecule has 4 heteroatoms. The number of hydrogen-bond acceptors (Lipinski definition) is 3. The summed E-state index contributed by atoms with van der Waals surface area (Å²) in [6, 6.07) is 8.11. The number of nitrogens with zero attached hydrogens (tertiary/aromatic N) is 1. The van der Waals surface area contributed by atoms with Gasteiger partial charge in [0.25, 0.3) is 0 Å². The molecule has 1 aromatic carbocycles. The van der Waals surface area contributed by atoms with Crippen molar-refractivity contribution in [1.29, 1.82) is 0 Å². The maximum absolute atomic E-state index is 11.8. The predicted octanol–water partition coefficient (Wildman–Crippen LogP) is 0.943. The summed E-state index contributed by atoms with van der Waals surface area (Å²) in [4.78, 5) is 13.9. The molecule has 0 saturated carbocycles. The molecule has 0 bridgehead atoms. The molecular formula is C14H20N2O2. The summed E-state index contributed by atoms with van der Waals surface area (Å²) in [5.74, 6) is 0.0835. The van der Waals surface area contributed by atoms with Gasteiger partial charge in [0.1, 0.15) is 0 Å². The zero-order valence-corrected chi connectivity index (χ0v) is 10.8. The van der Waals surface area contributed by atoms with Crippen LogP contribution in [0.25, 0.3) is 0 Å². The molecule has 2 rings (SSSR count). The summed E-state index contributed by atoms with van der Waals surface area (Å²) in [5.41, 5.74) is 2.39. The van der Waals surface area contributed by atoms with Crippen LogP contribution in [0.15, 0.2) is 24.3 Å². The van der Waals surface area contributed by atoms with E-state index in [9.17, 15) is 4.79 Å². The van der Waals surface area contributed by atoms with Gasteiger partial charge in [-0.3, -0.25) is 9.69 Å². The molecule has 1 aromatic rings. The van der Waals surface area contributed by atoms with E-state index in [0.29, 0.717) is 13.1 Å². The van der Waals surface area contributed by atoms with E-state index in [-0.39, 0.29) is 5.91 Å². The molecule has 0 aliphatic carbocycles. The lowest BCUT2D eigenvalue weighted by atomic mass is 10.1.